The van der Waals surface area contributed by atoms with Gasteiger partial charge in [-0.15, -0.1) is 0 Å². The molecule has 0 aromatic rings. The largest absolute Gasteiger partial charge is 0.481 e. The molecule has 0 rings (SSSR count). The molecule has 0 aromatic carbocycles. The normalized spacial score (nSPS) is 15.4. The highest BCUT2D eigenvalue weighted by Crippen LogP contribution is 2.07. The summed E-state index contributed by atoms with van der Waals surface area (Å²) in [6.45, 7) is 4.69. The van der Waals surface area contributed by atoms with Crippen molar-refractivity contribution in [1.82, 2.24) is 16.0 Å². The predicted molar refractivity (Wildman–Crippen MR) is 118 cm³/mol. The lowest BCUT2D eigenvalue weighted by Gasteiger charge is -2.26. The first kappa shape index (κ1) is 30.7. The number of aliphatic carboxylic acids is 2. The number of nitrogens with one attached hydrogen (secondary N) is 3. The van der Waals surface area contributed by atoms with E-state index in [2.05, 4.69) is 16.0 Å². The highest BCUT2D eigenvalue weighted by atomic mass is 16.4. The van der Waals surface area contributed by atoms with Crippen LogP contribution in [0.25, 0.3) is 0 Å². The van der Waals surface area contributed by atoms with Gasteiger partial charge in [0.2, 0.25) is 23.6 Å². The SMILES string of the molecule is CC(C)CC(NC(=O)C(NC(=O)C(CCC(=O)O)NC(=O)C(N)CCC(N)=O)C(C)O)C(=O)O. The first-order chi connectivity index (χ1) is 15.6. The second-order valence-electron chi connectivity index (χ2n) is 8.36. The smallest absolute Gasteiger partial charge is 0.326 e. The molecule has 0 aliphatic heterocycles. The van der Waals surface area contributed by atoms with E-state index in [1.54, 1.807) is 13.8 Å². The fourth-order valence-electron chi connectivity index (χ4n) is 2.86. The molecular weight excluding hydrogens is 454 g/mol. The Kier molecular flexibility index (Phi) is 13.4. The molecule has 194 valence electrons. The van der Waals surface area contributed by atoms with E-state index < -0.39 is 72.3 Å². The number of aliphatic hydroxyl groups is 1. The van der Waals surface area contributed by atoms with Crippen LogP contribution in [0, 0.1) is 5.92 Å². The van der Waals surface area contributed by atoms with Crippen LogP contribution in [0.4, 0.5) is 0 Å². The number of nitrogens with two attached hydrogens (primary N) is 2. The molecule has 4 amide bonds. The van der Waals surface area contributed by atoms with Gasteiger partial charge in [-0.05, 0) is 32.1 Å². The Morgan fingerprint density at radius 3 is 1.79 bits per heavy atom. The Morgan fingerprint density at radius 2 is 1.35 bits per heavy atom. The van der Waals surface area contributed by atoms with Crippen molar-refractivity contribution in [2.75, 3.05) is 0 Å². The third-order valence-corrected chi connectivity index (χ3v) is 4.70. The van der Waals surface area contributed by atoms with E-state index in [9.17, 15) is 39.0 Å². The van der Waals surface area contributed by atoms with Gasteiger partial charge < -0.3 is 42.7 Å². The van der Waals surface area contributed by atoms with Crippen LogP contribution in [0.1, 0.15) is 52.9 Å². The van der Waals surface area contributed by atoms with Gasteiger partial charge in [0, 0.05) is 12.8 Å². The van der Waals surface area contributed by atoms with Crippen molar-refractivity contribution in [3.63, 3.8) is 0 Å². The van der Waals surface area contributed by atoms with Gasteiger partial charge in [-0.2, -0.15) is 0 Å². The molecule has 0 heterocycles. The summed E-state index contributed by atoms with van der Waals surface area (Å²) < 4.78 is 0. The van der Waals surface area contributed by atoms with E-state index in [0.29, 0.717) is 0 Å². The van der Waals surface area contributed by atoms with Gasteiger partial charge >= 0.3 is 11.9 Å². The average molecular weight is 490 g/mol. The molecule has 0 spiro atoms. The molecule has 5 atom stereocenters. The van der Waals surface area contributed by atoms with Crippen LogP contribution in [-0.2, 0) is 28.8 Å². The minimum Gasteiger partial charge on any atom is -0.481 e. The summed E-state index contributed by atoms with van der Waals surface area (Å²) in [6, 6.07) is -5.51. The molecule has 0 bridgehead atoms. The van der Waals surface area contributed by atoms with E-state index in [-0.39, 0.29) is 31.6 Å². The summed E-state index contributed by atoms with van der Waals surface area (Å²) in [5, 5.41) is 35.0. The van der Waals surface area contributed by atoms with Crippen molar-refractivity contribution in [3.8, 4) is 0 Å². The van der Waals surface area contributed by atoms with Crippen LogP contribution in [0.5, 0.6) is 0 Å². The van der Waals surface area contributed by atoms with E-state index in [0.717, 1.165) is 0 Å². The Balaban J connectivity index is 5.47. The van der Waals surface area contributed by atoms with Crippen molar-refractivity contribution < 1.29 is 44.1 Å². The molecule has 0 aliphatic rings. The lowest BCUT2D eigenvalue weighted by atomic mass is 10.0. The van der Waals surface area contributed by atoms with Gasteiger partial charge in [0.15, 0.2) is 0 Å². The highest BCUT2D eigenvalue weighted by Gasteiger charge is 2.33. The molecule has 0 saturated heterocycles. The number of carbonyl (C=O) groups excluding carboxylic acids is 4. The molecule has 14 heteroatoms. The van der Waals surface area contributed by atoms with Crippen molar-refractivity contribution >= 4 is 35.6 Å². The van der Waals surface area contributed by atoms with E-state index >= 15 is 0 Å². The van der Waals surface area contributed by atoms with Gasteiger partial charge in [0.05, 0.1) is 12.1 Å². The maximum Gasteiger partial charge on any atom is 0.326 e. The molecule has 0 aromatic heterocycles. The Bertz CT molecular complexity index is 757. The second kappa shape index (κ2) is 14.8. The maximum atomic E-state index is 12.8. The molecule has 0 saturated carbocycles. The molecule has 34 heavy (non-hydrogen) atoms. The number of amides is 4. The molecule has 0 aliphatic carbocycles. The van der Waals surface area contributed by atoms with Gasteiger partial charge in [-0.1, -0.05) is 13.8 Å². The first-order valence-corrected chi connectivity index (χ1v) is 10.7. The molecule has 5 unspecified atom stereocenters. The molecule has 14 nitrogen and oxygen atoms in total. The summed E-state index contributed by atoms with van der Waals surface area (Å²) >= 11 is 0. The van der Waals surface area contributed by atoms with Crippen molar-refractivity contribution in [2.24, 2.45) is 17.4 Å². The number of hydrogen-bond donors (Lipinski definition) is 8. The highest BCUT2D eigenvalue weighted by molar-refractivity contribution is 5.94. The number of primary amides is 1. The lowest BCUT2D eigenvalue weighted by molar-refractivity contribution is -0.143. The molecule has 0 radical (unpaired) electrons. The minimum absolute atomic E-state index is 0.0737. The number of carboxylic acids is 2. The summed E-state index contributed by atoms with van der Waals surface area (Å²) in [5.74, 6) is -6.14. The number of hydrogen-bond acceptors (Lipinski definition) is 8. The van der Waals surface area contributed by atoms with Gasteiger partial charge in [-0.25, -0.2) is 4.79 Å². The third kappa shape index (κ3) is 12.1. The van der Waals surface area contributed by atoms with Crippen LogP contribution in [0.15, 0.2) is 0 Å². The van der Waals surface area contributed by atoms with E-state index in [1.807, 2.05) is 0 Å². The number of carbonyl (C=O) groups is 6. The monoisotopic (exact) mass is 489 g/mol. The van der Waals surface area contributed by atoms with Crippen molar-refractivity contribution in [2.45, 2.75) is 83.1 Å². The van der Waals surface area contributed by atoms with Gasteiger partial charge in [0.1, 0.15) is 18.1 Å². The number of carboxylic acid groups (broad SMARTS) is 2. The van der Waals surface area contributed by atoms with Crippen molar-refractivity contribution in [1.29, 1.82) is 0 Å². The van der Waals surface area contributed by atoms with Crippen LogP contribution in [0.3, 0.4) is 0 Å². The molecule has 10 N–H and O–H groups in total. The molecular formula is C20H35N5O9. The van der Waals surface area contributed by atoms with Crippen LogP contribution in [0.2, 0.25) is 0 Å². The second-order valence-corrected chi connectivity index (χ2v) is 8.36. The lowest BCUT2D eigenvalue weighted by Crippen LogP contribution is -2.60. The first-order valence-electron chi connectivity index (χ1n) is 10.7. The zero-order valence-corrected chi connectivity index (χ0v) is 19.4. The Labute approximate surface area is 196 Å². The van der Waals surface area contributed by atoms with Crippen LogP contribution in [-0.4, -0.2) is 81.2 Å². The minimum atomic E-state index is -1.59. The third-order valence-electron chi connectivity index (χ3n) is 4.70. The number of aliphatic hydroxyl groups excluding tert-OH is 1. The summed E-state index contributed by atoms with van der Waals surface area (Å²) in [6.07, 6.45) is -2.54. The van der Waals surface area contributed by atoms with Gasteiger partial charge in [-0.3, -0.25) is 24.0 Å². The maximum absolute atomic E-state index is 12.8. The standard InChI is InChI=1S/C20H35N5O9/c1-9(2)8-13(20(33)34)24-19(32)16(10(3)26)25-18(31)12(5-7-15(28)29)23-17(30)11(21)4-6-14(22)27/h9-13,16,26H,4-8,21H2,1-3H3,(H2,22,27)(H,23,30)(H,24,32)(H,25,31)(H,28,29)(H,33,34). The van der Waals surface area contributed by atoms with Crippen LogP contribution >= 0.6 is 0 Å². The summed E-state index contributed by atoms with van der Waals surface area (Å²) in [5.41, 5.74) is 10.7. The molecule has 0 fully saturated rings. The summed E-state index contributed by atoms with van der Waals surface area (Å²) in [7, 11) is 0. The fraction of sp³-hybridized carbons (Fsp3) is 0.700. The van der Waals surface area contributed by atoms with Gasteiger partial charge in [0.25, 0.3) is 0 Å². The van der Waals surface area contributed by atoms with Crippen molar-refractivity contribution in [3.05, 3.63) is 0 Å². The topological polar surface area (TPSA) is 251 Å². The van der Waals surface area contributed by atoms with Crippen LogP contribution < -0.4 is 27.4 Å². The predicted octanol–water partition coefficient (Wildman–Crippen LogP) is -2.59. The Morgan fingerprint density at radius 1 is 0.794 bits per heavy atom. The quantitative estimate of drug-likeness (QED) is 0.112. The summed E-state index contributed by atoms with van der Waals surface area (Å²) in [4.78, 5) is 70.9. The van der Waals surface area contributed by atoms with E-state index in [1.165, 1.54) is 6.92 Å². The zero-order valence-electron chi connectivity index (χ0n) is 19.4. The zero-order chi connectivity index (χ0) is 26.6. The fourth-order valence-corrected chi connectivity index (χ4v) is 2.86. The number of rotatable bonds is 16. The Hall–Kier alpha value is -3.26. The average Bonchev–Trinajstić information content (AvgIpc) is 2.71. The van der Waals surface area contributed by atoms with E-state index in [4.69, 9.17) is 16.6 Å².